The highest BCUT2D eigenvalue weighted by atomic mass is 35.5. The van der Waals surface area contributed by atoms with Crippen molar-refractivity contribution in [1.82, 2.24) is 5.43 Å². The van der Waals surface area contributed by atoms with E-state index >= 15 is 0 Å². The van der Waals surface area contributed by atoms with Crippen molar-refractivity contribution in [3.05, 3.63) is 28.2 Å². The second kappa shape index (κ2) is 4.32. The second-order valence-electron chi connectivity index (χ2n) is 2.24. The molecular weight excluding hydrogens is 211 g/mol. The van der Waals surface area contributed by atoms with Gasteiger partial charge in [-0.05, 0) is 18.2 Å². The Balaban J connectivity index is 3.07. The summed E-state index contributed by atoms with van der Waals surface area (Å²) in [5.74, 6) is 5.10. The summed E-state index contributed by atoms with van der Waals surface area (Å²) in [6, 6.07) is 4.88. The molecule has 0 saturated carbocycles. The van der Waals surface area contributed by atoms with Crippen LogP contribution in [-0.2, 0) is 0 Å². The first-order valence-corrected chi connectivity index (χ1v) is 4.15. The van der Waals surface area contributed by atoms with Crippen LogP contribution in [0.5, 0.6) is 0 Å². The molecule has 1 aromatic carbocycles. The average Bonchev–Trinajstić information content (AvgIpc) is 2.11. The lowest BCUT2D eigenvalue weighted by atomic mass is 10.3. The molecule has 0 heterocycles. The Kier molecular flexibility index (Phi) is 3.36. The lowest BCUT2D eigenvalue weighted by Gasteiger charge is -2.01. The van der Waals surface area contributed by atoms with Gasteiger partial charge >= 0.3 is 0 Å². The summed E-state index contributed by atoms with van der Waals surface area (Å²) < 4.78 is 0. The summed E-state index contributed by atoms with van der Waals surface area (Å²) in [5.41, 5.74) is 8.00. The van der Waals surface area contributed by atoms with Crippen molar-refractivity contribution in [1.29, 1.82) is 0 Å². The molecule has 0 atom stereocenters. The van der Waals surface area contributed by atoms with Crippen LogP contribution in [0, 0.1) is 0 Å². The number of nitrogens with zero attached hydrogens (tertiary/aromatic N) is 1. The first-order chi connectivity index (χ1) is 6.13. The minimum atomic E-state index is 0.0733. The van der Waals surface area contributed by atoms with Crippen molar-refractivity contribution in [3.63, 3.8) is 0 Å². The Labute approximate surface area is 85.5 Å². The summed E-state index contributed by atoms with van der Waals surface area (Å²) in [6.07, 6.45) is 0. The number of benzene rings is 1. The Hall–Kier alpha value is -0.970. The highest BCUT2D eigenvalue weighted by Gasteiger charge is 1.99. The molecule has 0 radical (unpaired) electrons. The van der Waals surface area contributed by atoms with Gasteiger partial charge in [-0.1, -0.05) is 23.2 Å². The van der Waals surface area contributed by atoms with Crippen molar-refractivity contribution in [3.8, 4) is 0 Å². The van der Waals surface area contributed by atoms with E-state index in [0.29, 0.717) is 15.7 Å². The average molecular weight is 219 g/mol. The summed E-state index contributed by atoms with van der Waals surface area (Å²) in [7, 11) is 0. The van der Waals surface area contributed by atoms with E-state index in [0.717, 1.165) is 0 Å². The summed E-state index contributed by atoms with van der Waals surface area (Å²) in [4.78, 5) is 3.88. The van der Waals surface area contributed by atoms with E-state index in [-0.39, 0.29) is 5.96 Å². The fourth-order valence-corrected chi connectivity index (χ4v) is 1.06. The molecule has 0 saturated heterocycles. The fraction of sp³-hybridized carbons (Fsp3) is 0. The maximum atomic E-state index is 5.81. The normalized spacial score (nSPS) is 11.5. The van der Waals surface area contributed by atoms with Gasteiger partial charge in [0.2, 0.25) is 5.96 Å². The van der Waals surface area contributed by atoms with Gasteiger partial charge in [-0.15, -0.1) is 0 Å². The third-order valence-electron chi connectivity index (χ3n) is 1.30. The van der Waals surface area contributed by atoms with Gasteiger partial charge in [0.05, 0.1) is 10.7 Å². The zero-order valence-electron chi connectivity index (χ0n) is 6.59. The van der Waals surface area contributed by atoms with E-state index in [9.17, 15) is 0 Å². The maximum Gasteiger partial charge on any atom is 0.208 e. The molecule has 0 aliphatic rings. The minimum absolute atomic E-state index is 0.0733. The molecule has 6 heteroatoms. The quantitative estimate of drug-likeness (QED) is 0.289. The molecule has 1 rings (SSSR count). The number of halogens is 2. The molecule has 0 aliphatic heterocycles. The van der Waals surface area contributed by atoms with E-state index < -0.39 is 0 Å². The molecule has 4 nitrogen and oxygen atoms in total. The van der Waals surface area contributed by atoms with Gasteiger partial charge in [-0.3, -0.25) is 5.43 Å². The highest BCUT2D eigenvalue weighted by Crippen LogP contribution is 2.27. The van der Waals surface area contributed by atoms with Crippen molar-refractivity contribution in [2.75, 3.05) is 0 Å². The molecule has 1 aromatic rings. The van der Waals surface area contributed by atoms with Gasteiger partial charge in [-0.25, -0.2) is 10.8 Å². The molecule has 0 fully saturated rings. The smallest absolute Gasteiger partial charge is 0.208 e. The Morgan fingerprint density at radius 1 is 1.38 bits per heavy atom. The van der Waals surface area contributed by atoms with Crippen LogP contribution in [0.3, 0.4) is 0 Å². The molecule has 70 valence electrons. The zero-order valence-corrected chi connectivity index (χ0v) is 8.10. The predicted octanol–water partition coefficient (Wildman–Crippen LogP) is 1.40. The van der Waals surface area contributed by atoms with Gasteiger partial charge in [0.25, 0.3) is 0 Å². The van der Waals surface area contributed by atoms with Crippen molar-refractivity contribution >= 4 is 34.8 Å². The van der Waals surface area contributed by atoms with Gasteiger partial charge in [-0.2, -0.15) is 0 Å². The van der Waals surface area contributed by atoms with Crippen LogP contribution in [0.2, 0.25) is 10.0 Å². The summed E-state index contributed by atoms with van der Waals surface area (Å²) in [5, 5.41) is 0.996. The van der Waals surface area contributed by atoms with Gasteiger partial charge in [0.1, 0.15) is 0 Å². The molecular formula is C7H8Cl2N4. The largest absolute Gasteiger partial charge is 0.369 e. The molecule has 0 unspecified atom stereocenters. The third kappa shape index (κ3) is 2.77. The monoisotopic (exact) mass is 218 g/mol. The third-order valence-corrected chi connectivity index (χ3v) is 1.85. The summed E-state index contributed by atoms with van der Waals surface area (Å²) >= 11 is 11.5. The molecule has 0 aliphatic carbocycles. The molecule has 0 amide bonds. The van der Waals surface area contributed by atoms with Gasteiger partial charge < -0.3 is 5.73 Å². The number of hydrogen-bond acceptors (Lipinski definition) is 2. The number of hydrazine groups is 1. The number of rotatable bonds is 1. The second-order valence-corrected chi connectivity index (χ2v) is 3.08. The molecule has 5 N–H and O–H groups in total. The summed E-state index contributed by atoms with van der Waals surface area (Å²) in [6.45, 7) is 0. The van der Waals surface area contributed by atoms with E-state index in [1.807, 2.05) is 0 Å². The molecule has 13 heavy (non-hydrogen) atoms. The lowest BCUT2D eigenvalue weighted by molar-refractivity contribution is 1.01. The van der Waals surface area contributed by atoms with Crippen LogP contribution < -0.4 is 17.0 Å². The topological polar surface area (TPSA) is 76.4 Å². The number of guanidine groups is 1. The van der Waals surface area contributed by atoms with Gasteiger partial charge in [0.15, 0.2) is 0 Å². The van der Waals surface area contributed by atoms with Crippen molar-refractivity contribution in [2.24, 2.45) is 16.6 Å². The predicted molar refractivity (Wildman–Crippen MR) is 55.1 cm³/mol. The highest BCUT2D eigenvalue weighted by molar-refractivity contribution is 6.35. The van der Waals surface area contributed by atoms with Crippen LogP contribution >= 0.6 is 23.2 Å². The Morgan fingerprint density at radius 3 is 2.69 bits per heavy atom. The molecule has 0 spiro atoms. The van der Waals surface area contributed by atoms with E-state index in [4.69, 9.17) is 34.8 Å². The van der Waals surface area contributed by atoms with Gasteiger partial charge in [0, 0.05) is 5.02 Å². The Bertz CT molecular complexity index is 337. The molecule has 0 bridgehead atoms. The van der Waals surface area contributed by atoms with Crippen LogP contribution in [-0.4, -0.2) is 5.96 Å². The van der Waals surface area contributed by atoms with E-state index in [2.05, 4.69) is 10.4 Å². The first-order valence-electron chi connectivity index (χ1n) is 3.39. The standard InChI is InChI=1S/C7H8Cl2N4/c8-4-1-2-5(9)6(3-4)12-7(10)13-11/h1-3H,11H2,(H3,10,12,13). The number of aliphatic imine (C=N–C) groups is 1. The number of nitrogens with one attached hydrogen (secondary N) is 1. The zero-order chi connectivity index (χ0) is 9.84. The van der Waals surface area contributed by atoms with Crippen LogP contribution in [0.1, 0.15) is 0 Å². The first kappa shape index (κ1) is 10.1. The number of hydrogen-bond donors (Lipinski definition) is 3. The van der Waals surface area contributed by atoms with Crippen molar-refractivity contribution in [2.45, 2.75) is 0 Å². The van der Waals surface area contributed by atoms with E-state index in [1.165, 1.54) is 0 Å². The minimum Gasteiger partial charge on any atom is -0.369 e. The Morgan fingerprint density at radius 2 is 2.08 bits per heavy atom. The van der Waals surface area contributed by atoms with Crippen LogP contribution in [0.4, 0.5) is 5.69 Å². The molecule has 0 aromatic heterocycles. The van der Waals surface area contributed by atoms with Crippen LogP contribution in [0.15, 0.2) is 23.2 Å². The van der Waals surface area contributed by atoms with E-state index in [1.54, 1.807) is 18.2 Å². The lowest BCUT2D eigenvalue weighted by Crippen LogP contribution is -2.36. The van der Waals surface area contributed by atoms with Crippen LogP contribution in [0.25, 0.3) is 0 Å². The maximum absolute atomic E-state index is 5.81. The SMILES string of the molecule is NNC(N)=Nc1cc(Cl)ccc1Cl. The number of nitrogens with two attached hydrogens (primary N) is 2. The van der Waals surface area contributed by atoms with Crippen molar-refractivity contribution < 1.29 is 0 Å². The fourth-order valence-electron chi connectivity index (χ4n) is 0.734.